The van der Waals surface area contributed by atoms with Crippen LogP contribution in [0.15, 0.2) is 48.5 Å². The average Bonchev–Trinajstić information content (AvgIpc) is 2.83. The molecule has 4 nitrogen and oxygen atoms in total. The van der Waals surface area contributed by atoms with Gasteiger partial charge in [0.2, 0.25) is 0 Å². The third-order valence-corrected chi connectivity index (χ3v) is 6.20. The summed E-state index contributed by atoms with van der Waals surface area (Å²) in [7, 11) is 0. The second-order valence-corrected chi connectivity index (χ2v) is 8.17. The first-order chi connectivity index (χ1) is 14.8. The van der Waals surface area contributed by atoms with E-state index in [4.69, 9.17) is 10.5 Å². The predicted molar refractivity (Wildman–Crippen MR) is 121 cm³/mol. The fourth-order valence-electron chi connectivity index (χ4n) is 4.58. The maximum Gasteiger partial charge on any atom is 0.136 e. The van der Waals surface area contributed by atoms with Crippen LogP contribution in [0.4, 0.5) is 5.69 Å². The highest BCUT2D eigenvalue weighted by atomic mass is 15.1. The molecule has 0 aromatic heterocycles. The fraction of sp³-hybridized carbons (Fsp3) is 0.385. The van der Waals surface area contributed by atoms with Crippen molar-refractivity contribution in [2.75, 3.05) is 31.1 Å². The molecule has 4 rings (SSSR count). The molecule has 0 bridgehead atoms. The monoisotopic (exact) mass is 396 g/mol. The van der Waals surface area contributed by atoms with E-state index in [2.05, 4.69) is 34.1 Å². The number of benzene rings is 2. The quantitative estimate of drug-likeness (QED) is 0.797. The summed E-state index contributed by atoms with van der Waals surface area (Å²) in [6.07, 6.45) is 7.63. The zero-order valence-electron chi connectivity index (χ0n) is 17.5. The molecule has 0 unspecified atom stereocenters. The van der Waals surface area contributed by atoms with Crippen LogP contribution in [0.25, 0.3) is 11.3 Å². The van der Waals surface area contributed by atoms with E-state index in [9.17, 15) is 0 Å². The topological polar surface area (TPSA) is 54.1 Å². The van der Waals surface area contributed by atoms with Gasteiger partial charge in [0.25, 0.3) is 0 Å². The highest BCUT2D eigenvalue weighted by Gasteiger charge is 2.17. The van der Waals surface area contributed by atoms with E-state index in [1.165, 1.54) is 55.5 Å². The molecule has 0 radical (unpaired) electrons. The molecule has 30 heavy (non-hydrogen) atoms. The van der Waals surface area contributed by atoms with Gasteiger partial charge in [0.15, 0.2) is 0 Å². The number of nitriles is 2. The molecule has 0 atom stereocenters. The molecule has 2 saturated heterocycles. The lowest BCUT2D eigenvalue weighted by Gasteiger charge is -2.32. The van der Waals surface area contributed by atoms with E-state index < -0.39 is 0 Å². The van der Waals surface area contributed by atoms with Crippen LogP contribution in [-0.4, -0.2) is 31.1 Å². The van der Waals surface area contributed by atoms with Crippen LogP contribution in [0.2, 0.25) is 0 Å². The van der Waals surface area contributed by atoms with Crippen molar-refractivity contribution < 1.29 is 0 Å². The number of anilines is 1. The second kappa shape index (κ2) is 9.51. The van der Waals surface area contributed by atoms with Crippen molar-refractivity contribution in [2.24, 2.45) is 0 Å². The van der Waals surface area contributed by atoms with Crippen LogP contribution in [0.5, 0.6) is 0 Å². The summed E-state index contributed by atoms with van der Waals surface area (Å²) in [6.45, 7) is 4.44. The van der Waals surface area contributed by atoms with Gasteiger partial charge >= 0.3 is 0 Å². The molecule has 0 spiro atoms. The number of piperidine rings is 2. The van der Waals surface area contributed by atoms with Crippen LogP contribution in [0, 0.1) is 22.7 Å². The molecule has 2 aliphatic heterocycles. The lowest BCUT2D eigenvalue weighted by atomic mass is 10.0. The number of hydrogen-bond donors (Lipinski definition) is 0. The first kappa shape index (κ1) is 20.0. The summed E-state index contributed by atoms with van der Waals surface area (Å²) in [5, 5.41) is 20.1. The van der Waals surface area contributed by atoms with Gasteiger partial charge in [-0.1, -0.05) is 36.4 Å². The Morgan fingerprint density at radius 3 is 1.73 bits per heavy atom. The highest BCUT2D eigenvalue weighted by Crippen LogP contribution is 2.25. The van der Waals surface area contributed by atoms with Crippen molar-refractivity contribution in [1.29, 1.82) is 10.5 Å². The Bertz CT molecular complexity index is 1030. The van der Waals surface area contributed by atoms with Gasteiger partial charge in [0, 0.05) is 37.1 Å². The molecule has 0 saturated carbocycles. The normalized spacial score (nSPS) is 16.5. The standard InChI is InChI=1S/C26H28N4/c27-19-24(20-28)21-7-9-22(10-8-21)26(30-17-5-2-6-18-30)23-11-13-25(14-12-23)29-15-3-1-4-16-29/h7-14H,1-6,15-18H2. The maximum atomic E-state index is 9.15. The zero-order chi connectivity index (χ0) is 20.8. The molecule has 152 valence electrons. The van der Waals surface area contributed by atoms with E-state index in [0.717, 1.165) is 31.4 Å². The Morgan fingerprint density at radius 2 is 1.17 bits per heavy atom. The minimum atomic E-state index is 0.159. The molecule has 2 aromatic rings. The third-order valence-electron chi connectivity index (χ3n) is 6.20. The predicted octanol–water partition coefficient (Wildman–Crippen LogP) is 3.52. The van der Waals surface area contributed by atoms with E-state index in [-0.39, 0.29) is 5.57 Å². The number of nitrogens with zero attached hydrogens (tertiary/aromatic N) is 4. The summed E-state index contributed by atoms with van der Waals surface area (Å²) in [5.74, 6) is 0. The summed E-state index contributed by atoms with van der Waals surface area (Å²) in [6, 6.07) is 20.9. The molecule has 0 N–H and O–H groups in total. The fourth-order valence-corrected chi connectivity index (χ4v) is 4.58. The largest absolute Gasteiger partial charge is 0.372 e. The summed E-state index contributed by atoms with van der Waals surface area (Å²) >= 11 is 0. The van der Waals surface area contributed by atoms with Crippen molar-refractivity contribution in [3.63, 3.8) is 0 Å². The van der Waals surface area contributed by atoms with Gasteiger partial charge < -0.3 is 9.80 Å². The van der Waals surface area contributed by atoms with E-state index >= 15 is 0 Å². The molecule has 0 amide bonds. The summed E-state index contributed by atoms with van der Waals surface area (Å²) < 4.78 is 0. The first-order valence-corrected chi connectivity index (χ1v) is 11.1. The summed E-state index contributed by atoms with van der Waals surface area (Å²) in [4.78, 5) is 4.98. The van der Waals surface area contributed by atoms with Gasteiger partial charge in [0.1, 0.15) is 17.7 Å². The SMILES string of the molecule is N#CC(C#N)=c1ccc(=C(c2ccc(N3CCCCC3)cc2)N2CCCCC2)cc1. The molecule has 2 heterocycles. The van der Waals surface area contributed by atoms with Gasteiger partial charge in [-0.15, -0.1) is 0 Å². The Labute approximate surface area is 179 Å². The van der Waals surface area contributed by atoms with Crippen LogP contribution in [-0.2, 0) is 0 Å². The van der Waals surface area contributed by atoms with Gasteiger partial charge in [0.05, 0.1) is 5.70 Å². The van der Waals surface area contributed by atoms with Crippen molar-refractivity contribution in [1.82, 2.24) is 4.90 Å². The molecule has 4 heteroatoms. The highest BCUT2D eigenvalue weighted by molar-refractivity contribution is 5.72. The van der Waals surface area contributed by atoms with Crippen molar-refractivity contribution in [3.8, 4) is 12.1 Å². The van der Waals surface area contributed by atoms with Gasteiger partial charge in [-0.25, -0.2) is 0 Å². The molecular weight excluding hydrogens is 368 g/mol. The first-order valence-electron chi connectivity index (χ1n) is 11.1. The number of hydrogen-bond acceptors (Lipinski definition) is 4. The molecule has 2 fully saturated rings. The van der Waals surface area contributed by atoms with Crippen LogP contribution in [0.3, 0.4) is 0 Å². The van der Waals surface area contributed by atoms with E-state index in [0.29, 0.717) is 5.22 Å². The smallest absolute Gasteiger partial charge is 0.136 e. The van der Waals surface area contributed by atoms with Gasteiger partial charge in [-0.2, -0.15) is 10.5 Å². The van der Waals surface area contributed by atoms with E-state index in [1.54, 1.807) is 0 Å². The molecule has 2 aliphatic rings. The molecular formula is C26H28N4. The van der Waals surface area contributed by atoms with Crippen molar-refractivity contribution in [2.45, 2.75) is 38.5 Å². The Kier molecular flexibility index (Phi) is 6.35. The van der Waals surface area contributed by atoms with Crippen molar-refractivity contribution in [3.05, 3.63) is 64.5 Å². The lowest BCUT2D eigenvalue weighted by molar-refractivity contribution is 0.324. The Hall–Kier alpha value is -3.24. The van der Waals surface area contributed by atoms with Gasteiger partial charge in [-0.05, 0) is 61.4 Å². The lowest BCUT2D eigenvalue weighted by Crippen LogP contribution is -2.33. The van der Waals surface area contributed by atoms with E-state index in [1.807, 2.05) is 36.4 Å². The minimum absolute atomic E-state index is 0.159. The second-order valence-electron chi connectivity index (χ2n) is 8.17. The number of rotatable bonds is 3. The minimum Gasteiger partial charge on any atom is -0.372 e. The molecule has 0 aliphatic carbocycles. The molecule has 2 aromatic carbocycles. The number of likely N-dealkylation sites (tertiary alicyclic amines) is 1. The van der Waals surface area contributed by atoms with Crippen LogP contribution < -0.4 is 15.3 Å². The third kappa shape index (κ3) is 4.34. The van der Waals surface area contributed by atoms with Gasteiger partial charge in [-0.3, -0.25) is 0 Å². The Morgan fingerprint density at radius 1 is 0.633 bits per heavy atom. The Balaban J connectivity index is 1.75. The van der Waals surface area contributed by atoms with Crippen molar-refractivity contribution >= 4 is 17.0 Å². The summed E-state index contributed by atoms with van der Waals surface area (Å²) in [5.41, 5.74) is 3.96. The average molecular weight is 397 g/mol. The zero-order valence-corrected chi connectivity index (χ0v) is 17.5. The maximum absolute atomic E-state index is 9.15. The van der Waals surface area contributed by atoms with Crippen LogP contribution >= 0.6 is 0 Å². The van der Waals surface area contributed by atoms with Crippen LogP contribution in [0.1, 0.15) is 44.1 Å².